The van der Waals surface area contributed by atoms with Gasteiger partial charge >= 0.3 is 0 Å². The van der Waals surface area contributed by atoms with Gasteiger partial charge in [0.05, 0.1) is 0 Å². The molecule has 4 aliphatic rings. The van der Waals surface area contributed by atoms with E-state index in [4.69, 9.17) is 4.52 Å². The summed E-state index contributed by atoms with van der Waals surface area (Å²) in [6.45, 7) is 5.95. The van der Waals surface area contributed by atoms with E-state index in [9.17, 15) is 13.2 Å². The number of rotatable bonds is 6. The standard InChI is InChI=1S/C21H33N5O4S/c1-13(2)19-12-25(8-7-22-19)31(28,29)26-16-5-6-17(26)10-15(9-16)23-21(27)18-11-20(30-24-18)14-3-4-14/h11,13-17,19,22H,3-10,12H2,1-2H3,(H,23,27)/t15-,16+,17-,19?. The fraction of sp³-hybridized carbons (Fsp3) is 0.810. The summed E-state index contributed by atoms with van der Waals surface area (Å²) in [5, 5.41) is 10.4. The van der Waals surface area contributed by atoms with Crippen LogP contribution in [0.15, 0.2) is 10.6 Å². The van der Waals surface area contributed by atoms with Crippen LogP contribution in [-0.2, 0) is 10.2 Å². The third-order valence-corrected chi connectivity index (χ3v) is 9.42. The molecule has 31 heavy (non-hydrogen) atoms. The minimum absolute atomic E-state index is 0.0380. The fourth-order valence-corrected chi connectivity index (χ4v) is 7.46. The lowest BCUT2D eigenvalue weighted by Gasteiger charge is -2.43. The zero-order valence-corrected chi connectivity index (χ0v) is 19.1. The zero-order chi connectivity index (χ0) is 21.8. The molecule has 0 aromatic carbocycles. The van der Waals surface area contributed by atoms with Gasteiger partial charge in [0, 0.05) is 55.8 Å². The highest BCUT2D eigenvalue weighted by Crippen LogP contribution is 2.41. The van der Waals surface area contributed by atoms with Crippen molar-refractivity contribution in [1.82, 2.24) is 24.4 Å². The lowest BCUT2D eigenvalue weighted by molar-refractivity contribution is 0.0897. The number of carbonyl (C=O) groups is 1. The molecule has 1 amide bonds. The first kappa shape index (κ1) is 21.4. The second-order valence-corrected chi connectivity index (χ2v) is 11.7. The molecule has 2 bridgehead atoms. The second-order valence-electron chi connectivity index (χ2n) is 9.92. The van der Waals surface area contributed by atoms with E-state index in [0.717, 1.165) is 31.4 Å². The highest BCUT2D eigenvalue weighted by atomic mass is 32.2. The van der Waals surface area contributed by atoms with Gasteiger partial charge in [0.2, 0.25) is 0 Å². The van der Waals surface area contributed by atoms with Crippen LogP contribution in [-0.4, -0.2) is 71.9 Å². The molecule has 1 aromatic rings. The lowest BCUT2D eigenvalue weighted by Crippen LogP contribution is -2.61. The van der Waals surface area contributed by atoms with E-state index in [0.29, 0.717) is 50.0 Å². The van der Waals surface area contributed by atoms with Crippen molar-refractivity contribution in [3.63, 3.8) is 0 Å². The molecule has 3 aliphatic heterocycles. The minimum Gasteiger partial charge on any atom is -0.360 e. The van der Waals surface area contributed by atoms with Gasteiger partial charge in [-0.1, -0.05) is 19.0 Å². The predicted molar refractivity (Wildman–Crippen MR) is 115 cm³/mol. The van der Waals surface area contributed by atoms with Gasteiger partial charge in [0.25, 0.3) is 16.1 Å². The van der Waals surface area contributed by atoms with Gasteiger partial charge < -0.3 is 15.2 Å². The van der Waals surface area contributed by atoms with Crippen LogP contribution >= 0.6 is 0 Å². The van der Waals surface area contributed by atoms with E-state index in [1.807, 2.05) is 0 Å². The number of nitrogens with zero attached hydrogens (tertiary/aromatic N) is 3. The number of nitrogens with one attached hydrogen (secondary N) is 2. The van der Waals surface area contributed by atoms with Crippen molar-refractivity contribution < 1.29 is 17.7 Å². The number of aromatic nitrogens is 1. The summed E-state index contributed by atoms with van der Waals surface area (Å²) in [5.41, 5.74) is 0.324. The normalized spacial score (nSPS) is 32.5. The third kappa shape index (κ3) is 4.15. The van der Waals surface area contributed by atoms with Crippen LogP contribution in [0.25, 0.3) is 0 Å². The Bertz CT molecular complexity index is 914. The molecule has 1 aliphatic carbocycles. The SMILES string of the molecule is CC(C)C1CN(S(=O)(=O)N2[C@@H]3CC[C@H]2C[C@@H](NC(=O)c2cc(C4CC4)on2)C3)CCN1. The molecule has 2 N–H and O–H groups in total. The van der Waals surface area contributed by atoms with Crippen molar-refractivity contribution in [2.45, 2.75) is 82.5 Å². The van der Waals surface area contributed by atoms with Crippen molar-refractivity contribution in [2.75, 3.05) is 19.6 Å². The number of carbonyl (C=O) groups excluding carboxylic acids is 1. The minimum atomic E-state index is -3.50. The first-order valence-electron chi connectivity index (χ1n) is 11.6. The molecule has 1 unspecified atom stereocenters. The molecule has 1 aromatic heterocycles. The number of piperidine rings is 1. The molecule has 10 heteroatoms. The molecule has 0 spiro atoms. The highest BCUT2D eigenvalue weighted by Gasteiger charge is 2.49. The van der Waals surface area contributed by atoms with Crippen molar-refractivity contribution in [3.8, 4) is 0 Å². The second kappa shape index (κ2) is 8.13. The number of hydrogen-bond acceptors (Lipinski definition) is 6. The number of amides is 1. The van der Waals surface area contributed by atoms with Gasteiger partial charge in [0.15, 0.2) is 5.69 Å². The maximum Gasteiger partial charge on any atom is 0.282 e. The maximum atomic E-state index is 13.5. The van der Waals surface area contributed by atoms with Crippen molar-refractivity contribution >= 4 is 16.1 Å². The molecular formula is C21H33N5O4S. The molecule has 9 nitrogen and oxygen atoms in total. The molecule has 4 fully saturated rings. The summed E-state index contributed by atoms with van der Waals surface area (Å²) in [4.78, 5) is 12.6. The number of fused-ring (bicyclic) bond motifs is 2. The van der Waals surface area contributed by atoms with Crippen molar-refractivity contribution in [3.05, 3.63) is 17.5 Å². The van der Waals surface area contributed by atoms with E-state index in [1.54, 1.807) is 14.7 Å². The van der Waals surface area contributed by atoms with Gasteiger partial charge in [-0.3, -0.25) is 4.79 Å². The average Bonchev–Trinajstić information content (AvgIpc) is 3.40. The summed E-state index contributed by atoms with van der Waals surface area (Å²) >= 11 is 0. The largest absolute Gasteiger partial charge is 0.360 e. The Morgan fingerprint density at radius 3 is 2.58 bits per heavy atom. The summed E-state index contributed by atoms with van der Waals surface area (Å²) in [6, 6.07) is 1.78. The summed E-state index contributed by atoms with van der Waals surface area (Å²) in [5.74, 6) is 1.37. The maximum absolute atomic E-state index is 13.5. The van der Waals surface area contributed by atoms with Crippen LogP contribution in [0, 0.1) is 5.92 Å². The van der Waals surface area contributed by atoms with Gasteiger partial charge in [-0.05, 0) is 44.4 Å². The number of hydrogen-bond donors (Lipinski definition) is 2. The van der Waals surface area contributed by atoms with Crippen LogP contribution < -0.4 is 10.6 Å². The summed E-state index contributed by atoms with van der Waals surface area (Å²) in [7, 11) is -3.50. The molecule has 0 radical (unpaired) electrons. The van der Waals surface area contributed by atoms with Crippen LogP contribution in [0.3, 0.4) is 0 Å². The molecule has 4 heterocycles. The highest BCUT2D eigenvalue weighted by molar-refractivity contribution is 7.86. The Kier molecular flexibility index (Phi) is 5.60. The predicted octanol–water partition coefficient (Wildman–Crippen LogP) is 1.45. The topological polar surface area (TPSA) is 108 Å². The molecule has 1 saturated carbocycles. The summed E-state index contributed by atoms with van der Waals surface area (Å²) < 4.78 is 35.7. The Hall–Kier alpha value is -1.49. The first-order valence-corrected chi connectivity index (χ1v) is 13.0. The van der Waals surface area contributed by atoms with Crippen molar-refractivity contribution in [1.29, 1.82) is 0 Å². The monoisotopic (exact) mass is 451 g/mol. The molecule has 3 saturated heterocycles. The average molecular weight is 452 g/mol. The van der Waals surface area contributed by atoms with Gasteiger partial charge in [-0.2, -0.15) is 17.0 Å². The lowest BCUT2D eigenvalue weighted by atomic mass is 9.99. The fourth-order valence-electron chi connectivity index (χ4n) is 5.38. The van der Waals surface area contributed by atoms with Crippen molar-refractivity contribution in [2.24, 2.45) is 5.92 Å². The zero-order valence-electron chi connectivity index (χ0n) is 18.3. The van der Waals surface area contributed by atoms with Gasteiger partial charge in [-0.25, -0.2) is 0 Å². The molecule has 172 valence electrons. The van der Waals surface area contributed by atoms with Crippen LogP contribution in [0.1, 0.15) is 74.5 Å². The van der Waals surface area contributed by atoms with E-state index in [1.165, 1.54) is 0 Å². The van der Waals surface area contributed by atoms with E-state index < -0.39 is 10.2 Å². The van der Waals surface area contributed by atoms with Crippen LogP contribution in [0.2, 0.25) is 0 Å². The van der Waals surface area contributed by atoms with Gasteiger partial charge in [0.1, 0.15) is 5.76 Å². The smallest absolute Gasteiger partial charge is 0.282 e. The molecular weight excluding hydrogens is 418 g/mol. The van der Waals surface area contributed by atoms with Crippen LogP contribution in [0.4, 0.5) is 0 Å². The Labute approximate surface area is 184 Å². The van der Waals surface area contributed by atoms with Gasteiger partial charge in [-0.15, -0.1) is 0 Å². The van der Waals surface area contributed by atoms with E-state index in [-0.39, 0.29) is 30.1 Å². The molecule has 4 atom stereocenters. The Balaban J connectivity index is 1.23. The number of piperazine rings is 1. The quantitative estimate of drug-likeness (QED) is 0.678. The van der Waals surface area contributed by atoms with E-state index in [2.05, 4.69) is 29.6 Å². The summed E-state index contributed by atoms with van der Waals surface area (Å²) in [6.07, 6.45) is 5.19. The molecule has 5 rings (SSSR count). The third-order valence-electron chi connectivity index (χ3n) is 7.31. The Morgan fingerprint density at radius 1 is 1.23 bits per heavy atom. The Morgan fingerprint density at radius 2 is 1.94 bits per heavy atom. The first-order chi connectivity index (χ1) is 14.8. The van der Waals surface area contributed by atoms with E-state index >= 15 is 0 Å². The van der Waals surface area contributed by atoms with Crippen LogP contribution in [0.5, 0.6) is 0 Å².